The summed E-state index contributed by atoms with van der Waals surface area (Å²) in [5, 5.41) is 8.34. The average Bonchev–Trinajstić information content (AvgIpc) is 2.91. The number of aromatic nitrogens is 3. The molecule has 1 saturated heterocycles. The fraction of sp³-hybridized carbons (Fsp3) is 0.321. The molecule has 4 aromatic rings. The second-order valence-electron chi connectivity index (χ2n) is 9.59. The highest BCUT2D eigenvalue weighted by molar-refractivity contribution is 9.10. The molecule has 1 aliphatic heterocycles. The molecular weight excluding hydrogens is 580 g/mol. The lowest BCUT2D eigenvalue weighted by molar-refractivity contribution is 0.466. The second kappa shape index (κ2) is 11.8. The predicted octanol–water partition coefficient (Wildman–Crippen LogP) is 5.87. The number of nitrogens with one attached hydrogen (secondary N) is 3. The minimum Gasteiger partial charge on any atom is -0.437 e. The molecule has 5 rings (SSSR count). The van der Waals surface area contributed by atoms with Gasteiger partial charge in [-0.15, -0.1) is 0 Å². The van der Waals surface area contributed by atoms with E-state index in [2.05, 4.69) is 41.3 Å². The third-order valence-electron chi connectivity index (χ3n) is 6.53. The zero-order chi connectivity index (χ0) is 27.4. The maximum atomic E-state index is 12.5. The number of rotatable bonds is 9. The van der Waals surface area contributed by atoms with Gasteiger partial charge in [-0.3, -0.25) is 4.72 Å². The molecule has 0 aliphatic carbocycles. The van der Waals surface area contributed by atoms with Crippen molar-refractivity contribution in [1.82, 2.24) is 20.3 Å². The first kappa shape index (κ1) is 27.3. The molecule has 3 heterocycles. The van der Waals surface area contributed by atoms with Crippen LogP contribution >= 0.6 is 15.9 Å². The molecule has 1 atom stereocenters. The molecule has 39 heavy (non-hydrogen) atoms. The topological polar surface area (TPSA) is 118 Å². The van der Waals surface area contributed by atoms with Crippen molar-refractivity contribution in [1.29, 1.82) is 0 Å². The number of anilines is 2. The van der Waals surface area contributed by atoms with E-state index in [1.165, 1.54) is 0 Å². The van der Waals surface area contributed by atoms with Crippen LogP contribution < -0.4 is 20.1 Å². The Morgan fingerprint density at radius 3 is 2.82 bits per heavy atom. The Labute approximate surface area is 237 Å². The molecule has 2 aromatic heterocycles. The molecular formula is C28H31BrN6O3S. The van der Waals surface area contributed by atoms with Crippen LogP contribution in [0.25, 0.3) is 22.0 Å². The van der Waals surface area contributed by atoms with Gasteiger partial charge in [-0.25, -0.2) is 23.4 Å². The molecule has 0 unspecified atom stereocenters. The normalized spacial score (nSPS) is 15.7. The number of sulfonamides is 1. The number of aryl methyl sites for hydroxylation is 1. The summed E-state index contributed by atoms with van der Waals surface area (Å²) in [6, 6.07) is 13.3. The Bertz CT molecular complexity index is 1590. The maximum absolute atomic E-state index is 12.5. The highest BCUT2D eigenvalue weighted by atomic mass is 79.9. The molecule has 1 aliphatic rings. The van der Waals surface area contributed by atoms with Gasteiger partial charge in [-0.1, -0.05) is 31.2 Å². The zero-order valence-corrected chi connectivity index (χ0v) is 24.3. The van der Waals surface area contributed by atoms with Crippen molar-refractivity contribution in [2.45, 2.75) is 39.2 Å². The van der Waals surface area contributed by atoms with E-state index in [0.29, 0.717) is 40.9 Å². The number of ether oxygens (including phenoxy) is 1. The lowest BCUT2D eigenvalue weighted by Crippen LogP contribution is -2.38. The number of hydrogen-bond acceptors (Lipinski definition) is 8. The molecule has 0 amide bonds. The Balaban J connectivity index is 1.51. The number of piperidine rings is 1. The van der Waals surface area contributed by atoms with Gasteiger partial charge in [0.2, 0.25) is 21.9 Å². The van der Waals surface area contributed by atoms with Gasteiger partial charge in [-0.05, 0) is 72.4 Å². The van der Waals surface area contributed by atoms with Gasteiger partial charge in [0.05, 0.1) is 22.7 Å². The van der Waals surface area contributed by atoms with Crippen molar-refractivity contribution in [3.8, 4) is 22.9 Å². The molecule has 9 nitrogen and oxygen atoms in total. The quantitative estimate of drug-likeness (QED) is 0.215. The number of benzene rings is 2. The summed E-state index contributed by atoms with van der Waals surface area (Å²) in [6.07, 6.45) is 6.10. The van der Waals surface area contributed by atoms with Gasteiger partial charge in [-0.2, -0.15) is 0 Å². The fourth-order valence-electron chi connectivity index (χ4n) is 4.68. The average molecular weight is 612 g/mol. The molecule has 0 spiro atoms. The molecule has 1 fully saturated rings. The standard InChI is InChI=1S/C28H31BrN6O3S/c1-3-14-39(36,37)35-25-8-4-7-22-21(25)10-9-18(2)26(22)38-27-23(15-19(29)16-32-27)24-11-13-31-28(34-24)33-20-6-5-12-30-17-20/h4,7-11,13,15-16,20,30,35H,3,5-6,12,14,17H2,1-2H3,(H,31,33,34)/t20-/m0/s1. The summed E-state index contributed by atoms with van der Waals surface area (Å²) >= 11 is 3.53. The first-order valence-electron chi connectivity index (χ1n) is 13.0. The summed E-state index contributed by atoms with van der Waals surface area (Å²) in [7, 11) is -3.45. The second-order valence-corrected chi connectivity index (χ2v) is 12.4. The van der Waals surface area contributed by atoms with Crippen LogP contribution in [0.2, 0.25) is 0 Å². The summed E-state index contributed by atoms with van der Waals surface area (Å²) in [4.78, 5) is 13.8. The van der Waals surface area contributed by atoms with E-state index in [9.17, 15) is 8.42 Å². The van der Waals surface area contributed by atoms with Gasteiger partial charge in [0.25, 0.3) is 0 Å². The minimum absolute atomic E-state index is 0.0534. The lowest BCUT2D eigenvalue weighted by atomic mass is 10.0. The van der Waals surface area contributed by atoms with Gasteiger partial charge in [0, 0.05) is 40.2 Å². The van der Waals surface area contributed by atoms with Crippen LogP contribution in [0.5, 0.6) is 11.6 Å². The Kier molecular flexibility index (Phi) is 8.29. The van der Waals surface area contributed by atoms with Gasteiger partial charge in [0.15, 0.2) is 0 Å². The maximum Gasteiger partial charge on any atom is 0.232 e. The van der Waals surface area contributed by atoms with Crippen LogP contribution in [0.4, 0.5) is 11.6 Å². The Morgan fingerprint density at radius 1 is 1.15 bits per heavy atom. The molecule has 11 heteroatoms. The lowest BCUT2D eigenvalue weighted by Gasteiger charge is -2.23. The van der Waals surface area contributed by atoms with Gasteiger partial charge >= 0.3 is 0 Å². The fourth-order valence-corrected chi connectivity index (χ4v) is 6.16. The first-order valence-corrected chi connectivity index (χ1v) is 15.4. The first-order chi connectivity index (χ1) is 18.8. The van der Waals surface area contributed by atoms with Crippen molar-refractivity contribution in [2.75, 3.05) is 28.9 Å². The molecule has 3 N–H and O–H groups in total. The van der Waals surface area contributed by atoms with Crippen LogP contribution in [0.15, 0.2) is 59.3 Å². The van der Waals surface area contributed by atoms with E-state index in [1.807, 2.05) is 50.2 Å². The largest absolute Gasteiger partial charge is 0.437 e. The van der Waals surface area contributed by atoms with E-state index < -0.39 is 10.0 Å². The minimum atomic E-state index is -3.45. The van der Waals surface area contributed by atoms with Crippen LogP contribution in [0, 0.1) is 6.92 Å². The van der Waals surface area contributed by atoms with Crippen molar-refractivity contribution in [2.24, 2.45) is 0 Å². The van der Waals surface area contributed by atoms with Gasteiger partial charge < -0.3 is 15.4 Å². The van der Waals surface area contributed by atoms with E-state index in [1.54, 1.807) is 18.5 Å². The molecule has 204 valence electrons. The molecule has 0 bridgehead atoms. The van der Waals surface area contributed by atoms with Crippen molar-refractivity contribution < 1.29 is 13.2 Å². The SMILES string of the molecule is CCCS(=O)(=O)Nc1cccc2c(Oc3ncc(Br)cc3-c3ccnc(N[C@H]4CCCNC4)n3)c(C)ccc12. The zero-order valence-electron chi connectivity index (χ0n) is 21.9. The Morgan fingerprint density at radius 2 is 2.03 bits per heavy atom. The summed E-state index contributed by atoms with van der Waals surface area (Å²) in [5.74, 6) is 1.59. The molecule has 0 radical (unpaired) electrons. The molecule has 2 aromatic carbocycles. The highest BCUT2D eigenvalue weighted by Crippen LogP contribution is 2.39. The molecule has 0 saturated carbocycles. The van der Waals surface area contributed by atoms with E-state index in [4.69, 9.17) is 9.72 Å². The van der Waals surface area contributed by atoms with Crippen LogP contribution in [0.3, 0.4) is 0 Å². The third-order valence-corrected chi connectivity index (χ3v) is 8.44. The predicted molar refractivity (Wildman–Crippen MR) is 159 cm³/mol. The highest BCUT2D eigenvalue weighted by Gasteiger charge is 2.19. The van der Waals surface area contributed by atoms with Crippen LogP contribution in [-0.4, -0.2) is 48.3 Å². The van der Waals surface area contributed by atoms with Crippen molar-refractivity contribution in [3.05, 3.63) is 64.9 Å². The summed E-state index contributed by atoms with van der Waals surface area (Å²) in [6.45, 7) is 5.69. The smallest absolute Gasteiger partial charge is 0.232 e. The third kappa shape index (κ3) is 6.48. The van der Waals surface area contributed by atoms with Crippen LogP contribution in [-0.2, 0) is 10.0 Å². The number of fused-ring (bicyclic) bond motifs is 1. The number of pyridine rings is 1. The monoisotopic (exact) mass is 610 g/mol. The van der Waals surface area contributed by atoms with E-state index in [-0.39, 0.29) is 11.8 Å². The van der Waals surface area contributed by atoms with Crippen LogP contribution in [0.1, 0.15) is 31.7 Å². The summed E-state index contributed by atoms with van der Waals surface area (Å²) in [5.41, 5.74) is 2.78. The van der Waals surface area contributed by atoms with Crippen molar-refractivity contribution in [3.63, 3.8) is 0 Å². The summed E-state index contributed by atoms with van der Waals surface area (Å²) < 4.78 is 35.0. The van der Waals surface area contributed by atoms with Crippen molar-refractivity contribution >= 4 is 48.4 Å². The number of nitrogens with zero attached hydrogens (tertiary/aromatic N) is 3. The number of halogens is 1. The van der Waals surface area contributed by atoms with E-state index in [0.717, 1.165) is 46.7 Å². The van der Waals surface area contributed by atoms with Gasteiger partial charge in [0.1, 0.15) is 5.75 Å². The Hall–Kier alpha value is -3.28. The van der Waals surface area contributed by atoms with E-state index >= 15 is 0 Å². The number of hydrogen-bond donors (Lipinski definition) is 3.